The minimum atomic E-state index is -0.534. The molecule has 82 valence electrons. The Morgan fingerprint density at radius 2 is 2.38 bits per heavy atom. The van der Waals surface area contributed by atoms with E-state index in [1.54, 1.807) is 0 Å². The molecule has 2 aromatic rings. The molecule has 0 unspecified atom stereocenters. The molecule has 0 radical (unpaired) electrons. The number of nitrogens with zero attached hydrogens (tertiary/aromatic N) is 4. The third-order valence-electron chi connectivity index (χ3n) is 1.51. The quantitative estimate of drug-likeness (QED) is 0.615. The Balaban J connectivity index is 2.31. The van der Waals surface area contributed by atoms with Gasteiger partial charge < -0.3 is 4.52 Å². The average Bonchev–Trinajstić information content (AvgIpc) is 2.64. The highest BCUT2D eigenvalue weighted by Gasteiger charge is 2.18. The molecule has 0 aliphatic carbocycles. The van der Waals surface area contributed by atoms with E-state index in [9.17, 15) is 10.1 Å². The third kappa shape index (κ3) is 2.28. The van der Waals surface area contributed by atoms with Gasteiger partial charge >= 0.3 is 5.69 Å². The SMILES string of the molecule is O=[N+]([O-])c1cccnc1Sc1nc(Cl)no1. The first-order valence-electron chi connectivity index (χ1n) is 3.93. The van der Waals surface area contributed by atoms with Crippen LogP contribution in [0.5, 0.6) is 0 Å². The van der Waals surface area contributed by atoms with Crippen molar-refractivity contribution in [3.8, 4) is 0 Å². The van der Waals surface area contributed by atoms with Crippen molar-refractivity contribution in [2.75, 3.05) is 0 Å². The van der Waals surface area contributed by atoms with Gasteiger partial charge in [0.1, 0.15) is 0 Å². The minimum absolute atomic E-state index is 0.0546. The van der Waals surface area contributed by atoms with Crippen LogP contribution in [0.2, 0.25) is 5.28 Å². The van der Waals surface area contributed by atoms with Crippen LogP contribution in [0.1, 0.15) is 0 Å². The summed E-state index contributed by atoms with van der Waals surface area (Å²) < 4.78 is 4.71. The van der Waals surface area contributed by atoms with Crippen molar-refractivity contribution in [3.63, 3.8) is 0 Å². The van der Waals surface area contributed by atoms with Gasteiger partial charge in [-0.1, -0.05) is 0 Å². The van der Waals surface area contributed by atoms with E-state index in [1.165, 1.54) is 18.3 Å². The normalized spacial score (nSPS) is 10.3. The predicted molar refractivity (Wildman–Crippen MR) is 54.3 cm³/mol. The molecule has 0 aliphatic heterocycles. The maximum absolute atomic E-state index is 10.7. The van der Waals surface area contributed by atoms with Crippen LogP contribution in [0.15, 0.2) is 33.1 Å². The van der Waals surface area contributed by atoms with Crippen LogP contribution < -0.4 is 0 Å². The Morgan fingerprint density at radius 1 is 1.56 bits per heavy atom. The number of pyridine rings is 1. The summed E-state index contributed by atoms with van der Waals surface area (Å²) in [6, 6.07) is 2.82. The zero-order valence-electron chi connectivity index (χ0n) is 7.53. The lowest BCUT2D eigenvalue weighted by Crippen LogP contribution is -1.92. The number of nitro groups is 1. The van der Waals surface area contributed by atoms with E-state index >= 15 is 0 Å². The molecule has 0 fully saturated rings. The second-order valence-corrected chi connectivity index (χ2v) is 3.79. The lowest BCUT2D eigenvalue weighted by Gasteiger charge is -1.96. The standard InChI is InChI=1S/C7H3ClN4O3S/c8-6-10-7(15-11-6)16-5-4(12(13)14)2-1-3-9-5/h1-3H. The summed E-state index contributed by atoms with van der Waals surface area (Å²) in [4.78, 5) is 17.7. The summed E-state index contributed by atoms with van der Waals surface area (Å²) in [6.07, 6.45) is 1.44. The van der Waals surface area contributed by atoms with Crippen LogP contribution in [0.4, 0.5) is 5.69 Å². The third-order valence-corrected chi connectivity index (χ3v) is 2.52. The van der Waals surface area contributed by atoms with E-state index < -0.39 is 4.92 Å². The monoisotopic (exact) mass is 258 g/mol. The fraction of sp³-hybridized carbons (Fsp3) is 0. The van der Waals surface area contributed by atoms with Crippen molar-refractivity contribution >= 4 is 29.1 Å². The Kier molecular flexibility index (Phi) is 3.02. The van der Waals surface area contributed by atoms with E-state index in [0.29, 0.717) is 0 Å². The van der Waals surface area contributed by atoms with Gasteiger partial charge in [-0.2, -0.15) is 4.98 Å². The Morgan fingerprint density at radius 3 is 3.00 bits per heavy atom. The molecule has 0 aromatic carbocycles. The van der Waals surface area contributed by atoms with Crippen molar-refractivity contribution in [2.45, 2.75) is 10.2 Å². The van der Waals surface area contributed by atoms with Crippen LogP contribution in [0.25, 0.3) is 0 Å². The Hall–Kier alpha value is -1.67. The molecule has 0 saturated heterocycles. The maximum Gasteiger partial charge on any atom is 0.301 e. The van der Waals surface area contributed by atoms with E-state index in [0.717, 1.165) is 11.8 Å². The van der Waals surface area contributed by atoms with E-state index in [2.05, 4.69) is 15.1 Å². The van der Waals surface area contributed by atoms with Gasteiger partial charge in [0.05, 0.1) is 4.92 Å². The van der Waals surface area contributed by atoms with Gasteiger partial charge in [-0.25, -0.2) is 4.98 Å². The zero-order valence-corrected chi connectivity index (χ0v) is 9.10. The van der Waals surface area contributed by atoms with Crippen molar-refractivity contribution in [1.82, 2.24) is 15.1 Å². The molecule has 9 heteroatoms. The van der Waals surface area contributed by atoms with Gasteiger partial charge in [0, 0.05) is 12.3 Å². The van der Waals surface area contributed by atoms with E-state index in [1.807, 2.05) is 0 Å². The largest absolute Gasteiger partial charge is 0.325 e. The highest BCUT2D eigenvalue weighted by molar-refractivity contribution is 7.99. The molecule has 0 amide bonds. The lowest BCUT2D eigenvalue weighted by atomic mass is 10.4. The van der Waals surface area contributed by atoms with Gasteiger partial charge in [-0.3, -0.25) is 10.1 Å². The molecule has 7 nitrogen and oxygen atoms in total. The second-order valence-electron chi connectivity index (χ2n) is 2.52. The number of hydrogen-bond acceptors (Lipinski definition) is 7. The summed E-state index contributed by atoms with van der Waals surface area (Å²) in [6.45, 7) is 0. The second kappa shape index (κ2) is 4.45. The van der Waals surface area contributed by atoms with Crippen LogP contribution in [-0.2, 0) is 0 Å². The van der Waals surface area contributed by atoms with Crippen molar-refractivity contribution in [1.29, 1.82) is 0 Å². The first-order chi connectivity index (χ1) is 7.66. The van der Waals surface area contributed by atoms with Crippen molar-refractivity contribution in [2.24, 2.45) is 0 Å². The zero-order chi connectivity index (χ0) is 11.5. The van der Waals surface area contributed by atoms with E-state index in [-0.39, 0.29) is 21.2 Å². The van der Waals surface area contributed by atoms with Crippen molar-refractivity contribution in [3.05, 3.63) is 33.7 Å². The molecule has 16 heavy (non-hydrogen) atoms. The fourth-order valence-electron chi connectivity index (χ4n) is 0.917. The van der Waals surface area contributed by atoms with Gasteiger partial charge in [-0.05, 0) is 34.6 Å². The van der Waals surface area contributed by atoms with Crippen LogP contribution in [-0.4, -0.2) is 20.0 Å². The number of halogens is 1. The van der Waals surface area contributed by atoms with Gasteiger partial charge in [0.15, 0.2) is 5.03 Å². The predicted octanol–water partition coefficient (Wildman–Crippen LogP) is 2.18. The summed E-state index contributed by atoms with van der Waals surface area (Å²) in [5.41, 5.74) is -0.123. The van der Waals surface area contributed by atoms with E-state index in [4.69, 9.17) is 16.1 Å². The van der Waals surface area contributed by atoms with Crippen molar-refractivity contribution < 1.29 is 9.45 Å². The number of aromatic nitrogens is 3. The van der Waals surface area contributed by atoms with Gasteiger partial charge in [0.25, 0.3) is 10.5 Å². The maximum atomic E-state index is 10.7. The molecule has 0 atom stereocenters. The highest BCUT2D eigenvalue weighted by atomic mass is 35.5. The molecule has 2 heterocycles. The number of rotatable bonds is 3. The molecular formula is C7H3ClN4O3S. The summed E-state index contributed by atoms with van der Waals surface area (Å²) >= 11 is 6.33. The van der Waals surface area contributed by atoms with Crippen LogP contribution in [0.3, 0.4) is 0 Å². The molecule has 0 N–H and O–H groups in total. The average molecular weight is 259 g/mol. The fourth-order valence-corrected chi connectivity index (χ4v) is 1.81. The molecule has 0 saturated carbocycles. The summed E-state index contributed by atoms with van der Waals surface area (Å²) in [5.74, 6) is 0. The number of hydrogen-bond donors (Lipinski definition) is 0. The molecule has 2 aromatic heterocycles. The van der Waals surface area contributed by atoms with Gasteiger partial charge in [0.2, 0.25) is 0 Å². The Labute approximate surface area is 98.0 Å². The lowest BCUT2D eigenvalue weighted by molar-refractivity contribution is -0.388. The molecular weight excluding hydrogens is 256 g/mol. The molecule has 0 spiro atoms. The van der Waals surface area contributed by atoms with Crippen LogP contribution in [0, 0.1) is 10.1 Å². The Bertz CT molecular complexity index is 532. The molecule has 0 aliphatic rings. The minimum Gasteiger partial charge on any atom is -0.325 e. The highest BCUT2D eigenvalue weighted by Crippen LogP contribution is 2.31. The molecule has 2 rings (SSSR count). The smallest absolute Gasteiger partial charge is 0.301 e. The summed E-state index contributed by atoms with van der Waals surface area (Å²) in [7, 11) is 0. The van der Waals surface area contributed by atoms with Gasteiger partial charge in [-0.15, -0.1) is 0 Å². The molecule has 0 bridgehead atoms. The topological polar surface area (TPSA) is 95.0 Å². The van der Waals surface area contributed by atoms with Crippen LogP contribution >= 0.6 is 23.4 Å². The summed E-state index contributed by atoms with van der Waals surface area (Å²) in [5, 5.41) is 14.2. The first-order valence-corrected chi connectivity index (χ1v) is 5.13. The first kappa shape index (κ1) is 10.8.